The zero-order valence-corrected chi connectivity index (χ0v) is 16.6. The van der Waals surface area contributed by atoms with Crippen LogP contribution in [0.3, 0.4) is 0 Å². The largest absolute Gasteiger partial charge is 0.507 e. The van der Waals surface area contributed by atoms with Gasteiger partial charge in [0.2, 0.25) is 9.84 Å². The van der Waals surface area contributed by atoms with Gasteiger partial charge >= 0.3 is 18.1 Å². The van der Waals surface area contributed by atoms with Crippen LogP contribution < -0.4 is 5.32 Å². The Morgan fingerprint density at radius 2 is 1.67 bits per heavy atom. The molecule has 1 amide bonds. The van der Waals surface area contributed by atoms with Crippen LogP contribution in [-0.4, -0.2) is 42.7 Å². The Balaban J connectivity index is 2.25. The maximum Gasteiger partial charge on any atom is 0.471 e. The normalized spacial score (nSPS) is 13.0. The number of benzene rings is 2. The van der Waals surface area contributed by atoms with Crippen molar-refractivity contribution in [3.8, 4) is 5.75 Å². The van der Waals surface area contributed by atoms with E-state index in [1.165, 1.54) is 38.1 Å². The molecule has 162 valence electrons. The lowest BCUT2D eigenvalue weighted by atomic mass is 10.1. The van der Waals surface area contributed by atoms with E-state index in [0.29, 0.717) is 5.56 Å². The molecule has 1 atom stereocenters. The van der Waals surface area contributed by atoms with Gasteiger partial charge in [-0.05, 0) is 55.7 Å². The van der Waals surface area contributed by atoms with E-state index in [1.807, 2.05) is 0 Å². The van der Waals surface area contributed by atoms with Crippen LogP contribution in [0.25, 0.3) is 0 Å². The van der Waals surface area contributed by atoms with Crippen molar-refractivity contribution in [1.29, 1.82) is 0 Å². The molecule has 0 heterocycles. The van der Waals surface area contributed by atoms with Crippen molar-refractivity contribution in [3.05, 3.63) is 53.1 Å². The molecule has 0 saturated carbocycles. The number of aryl methyl sites for hydroxylation is 1. The predicted octanol–water partition coefficient (Wildman–Crippen LogP) is 2.84. The van der Waals surface area contributed by atoms with Crippen LogP contribution in [0.1, 0.15) is 28.4 Å². The van der Waals surface area contributed by atoms with Crippen molar-refractivity contribution < 1.29 is 41.4 Å². The molecule has 0 aliphatic heterocycles. The van der Waals surface area contributed by atoms with Crippen LogP contribution in [0.5, 0.6) is 5.75 Å². The highest BCUT2D eigenvalue weighted by Gasteiger charge is 2.39. The van der Waals surface area contributed by atoms with E-state index in [0.717, 1.165) is 12.1 Å². The molecule has 2 aromatic carbocycles. The molecular formula is C19H18F3NO6S. The molecule has 11 heteroatoms. The van der Waals surface area contributed by atoms with Crippen molar-refractivity contribution >= 4 is 21.7 Å². The highest BCUT2D eigenvalue weighted by Crippen LogP contribution is 2.29. The predicted molar refractivity (Wildman–Crippen MR) is 99.1 cm³/mol. The molecular weight excluding hydrogens is 427 g/mol. The molecule has 7 nitrogen and oxygen atoms in total. The van der Waals surface area contributed by atoms with Gasteiger partial charge in [0.1, 0.15) is 11.3 Å². The lowest BCUT2D eigenvalue weighted by Gasteiger charge is -2.15. The first kappa shape index (κ1) is 23.2. The summed E-state index contributed by atoms with van der Waals surface area (Å²) in [6.07, 6.45) is -4.97. The molecule has 0 aliphatic rings. The first-order valence-corrected chi connectivity index (χ1v) is 10.0. The third-order valence-electron chi connectivity index (χ3n) is 4.23. The Morgan fingerprint density at radius 3 is 2.17 bits per heavy atom. The van der Waals surface area contributed by atoms with Gasteiger partial charge in [-0.2, -0.15) is 13.2 Å². The number of aromatic carboxylic acids is 1. The van der Waals surface area contributed by atoms with Gasteiger partial charge in [0.05, 0.1) is 9.79 Å². The number of hydrogen-bond acceptors (Lipinski definition) is 5. The quantitative estimate of drug-likeness (QED) is 0.629. The van der Waals surface area contributed by atoms with Crippen LogP contribution in [0, 0.1) is 6.92 Å². The second-order valence-electron chi connectivity index (χ2n) is 6.67. The fourth-order valence-corrected chi connectivity index (χ4v) is 4.09. The number of carboxylic acids is 1. The first-order valence-electron chi connectivity index (χ1n) is 8.52. The van der Waals surface area contributed by atoms with Crippen molar-refractivity contribution in [1.82, 2.24) is 5.32 Å². The topological polar surface area (TPSA) is 121 Å². The van der Waals surface area contributed by atoms with E-state index in [-0.39, 0.29) is 21.8 Å². The third-order valence-corrected chi connectivity index (χ3v) is 5.97. The van der Waals surface area contributed by atoms with Gasteiger partial charge in [-0.1, -0.05) is 12.1 Å². The van der Waals surface area contributed by atoms with Crippen LogP contribution in [-0.2, 0) is 21.1 Å². The average molecular weight is 445 g/mol. The molecule has 2 aromatic rings. The van der Waals surface area contributed by atoms with Gasteiger partial charge in [-0.3, -0.25) is 4.79 Å². The standard InChI is InChI=1S/C19H18F3NO6S/c1-10-7-14(9-15(16(10)24)17(25)26)30(28,29)13-5-3-12(4-6-13)8-11(2)23-18(27)19(20,21)22/h3-7,9,11,24H,8H2,1-2H3,(H,23,27)(H,25,26)/t11-/m1/s1. The molecule has 0 spiro atoms. The van der Waals surface area contributed by atoms with Gasteiger partial charge in [-0.15, -0.1) is 0 Å². The zero-order chi connectivity index (χ0) is 22.9. The molecule has 3 N–H and O–H groups in total. The van der Waals surface area contributed by atoms with Gasteiger partial charge in [0, 0.05) is 6.04 Å². The number of carbonyl (C=O) groups excluding carboxylic acids is 1. The lowest BCUT2D eigenvalue weighted by Crippen LogP contribution is -2.42. The summed E-state index contributed by atoms with van der Waals surface area (Å²) < 4.78 is 62.5. The smallest absolute Gasteiger partial charge is 0.471 e. The second-order valence-corrected chi connectivity index (χ2v) is 8.61. The SMILES string of the molecule is Cc1cc(S(=O)(=O)c2ccc(C[C@@H](C)NC(=O)C(F)(F)F)cc2)cc(C(=O)O)c1O. The van der Waals surface area contributed by atoms with E-state index < -0.39 is 45.2 Å². The van der Waals surface area contributed by atoms with Crippen molar-refractivity contribution in [2.75, 3.05) is 0 Å². The number of nitrogens with one attached hydrogen (secondary N) is 1. The van der Waals surface area contributed by atoms with E-state index in [4.69, 9.17) is 5.11 Å². The zero-order valence-electron chi connectivity index (χ0n) is 15.8. The number of rotatable bonds is 6. The Kier molecular flexibility index (Phi) is 6.45. The molecule has 0 aliphatic carbocycles. The van der Waals surface area contributed by atoms with Crippen LogP contribution in [0.15, 0.2) is 46.2 Å². The minimum atomic E-state index is -5.00. The Morgan fingerprint density at radius 1 is 1.10 bits per heavy atom. The number of hydrogen-bond donors (Lipinski definition) is 3. The highest BCUT2D eigenvalue weighted by atomic mass is 32.2. The number of sulfone groups is 1. The van der Waals surface area contributed by atoms with Crippen LogP contribution >= 0.6 is 0 Å². The van der Waals surface area contributed by atoms with Gasteiger partial charge < -0.3 is 15.5 Å². The maximum absolute atomic E-state index is 12.8. The number of phenols is 1. The molecule has 30 heavy (non-hydrogen) atoms. The summed E-state index contributed by atoms with van der Waals surface area (Å²) >= 11 is 0. The van der Waals surface area contributed by atoms with Crippen LogP contribution in [0.4, 0.5) is 13.2 Å². The van der Waals surface area contributed by atoms with E-state index >= 15 is 0 Å². The summed E-state index contributed by atoms with van der Waals surface area (Å²) in [5.74, 6) is -4.09. The lowest BCUT2D eigenvalue weighted by molar-refractivity contribution is -0.174. The first-order chi connectivity index (χ1) is 13.7. The van der Waals surface area contributed by atoms with Crippen molar-refractivity contribution in [2.24, 2.45) is 0 Å². The summed E-state index contributed by atoms with van der Waals surface area (Å²) in [5, 5.41) is 20.7. The molecule has 0 unspecified atom stereocenters. The van der Waals surface area contributed by atoms with E-state index in [2.05, 4.69) is 0 Å². The molecule has 0 fully saturated rings. The summed E-state index contributed by atoms with van der Waals surface area (Å²) in [7, 11) is -4.11. The minimum absolute atomic E-state index is 0.0314. The maximum atomic E-state index is 12.8. The second kappa shape index (κ2) is 8.34. The average Bonchev–Trinajstić information content (AvgIpc) is 2.63. The van der Waals surface area contributed by atoms with Crippen LogP contribution in [0.2, 0.25) is 0 Å². The van der Waals surface area contributed by atoms with Crippen molar-refractivity contribution in [2.45, 2.75) is 42.3 Å². The number of aromatic hydroxyl groups is 1. The number of carbonyl (C=O) groups is 2. The summed E-state index contributed by atoms with van der Waals surface area (Å²) in [6.45, 7) is 2.74. The summed E-state index contributed by atoms with van der Waals surface area (Å²) in [5.41, 5.74) is -0.00390. The monoisotopic (exact) mass is 445 g/mol. The Bertz CT molecular complexity index is 1080. The summed E-state index contributed by atoms with van der Waals surface area (Å²) in [6, 6.07) is 6.36. The molecule has 0 saturated heterocycles. The fraction of sp³-hybridized carbons (Fsp3) is 0.263. The number of carboxylic acid groups (broad SMARTS) is 1. The van der Waals surface area contributed by atoms with E-state index in [9.17, 15) is 36.3 Å². The Hall–Kier alpha value is -3.08. The molecule has 0 aromatic heterocycles. The van der Waals surface area contributed by atoms with Crippen molar-refractivity contribution in [3.63, 3.8) is 0 Å². The van der Waals surface area contributed by atoms with Gasteiger partial charge in [0.15, 0.2) is 0 Å². The number of halogens is 3. The highest BCUT2D eigenvalue weighted by molar-refractivity contribution is 7.91. The fourth-order valence-electron chi connectivity index (χ4n) is 2.72. The van der Waals surface area contributed by atoms with Gasteiger partial charge in [-0.25, -0.2) is 13.2 Å². The van der Waals surface area contributed by atoms with E-state index in [1.54, 1.807) is 5.32 Å². The summed E-state index contributed by atoms with van der Waals surface area (Å²) in [4.78, 5) is 21.7. The van der Waals surface area contributed by atoms with Gasteiger partial charge in [0.25, 0.3) is 0 Å². The molecule has 0 radical (unpaired) electrons. The number of alkyl halides is 3. The third kappa shape index (κ3) is 5.09. The molecule has 2 rings (SSSR count). The number of amides is 1. The molecule has 0 bridgehead atoms. The Labute approximate surface area is 170 Å². The minimum Gasteiger partial charge on any atom is -0.507 e.